The molecule has 0 aliphatic heterocycles. The van der Waals surface area contributed by atoms with E-state index in [0.29, 0.717) is 23.4 Å². The Labute approximate surface area is 92.5 Å². The summed E-state index contributed by atoms with van der Waals surface area (Å²) in [6.07, 6.45) is 0.0808. The van der Waals surface area contributed by atoms with Crippen LogP contribution in [0, 0.1) is 11.3 Å². The lowest BCUT2D eigenvalue weighted by Crippen LogP contribution is -2.30. The fourth-order valence-electron chi connectivity index (χ4n) is 2.40. The molecule has 1 unspecified atom stereocenters. The lowest BCUT2D eigenvalue weighted by Gasteiger charge is -2.32. The number of fused-ring (bicyclic) bond motifs is 1. The third-order valence-corrected chi connectivity index (χ3v) is 3.98. The molecule has 0 saturated carbocycles. The zero-order valence-corrected chi connectivity index (χ0v) is 9.62. The van der Waals surface area contributed by atoms with Crippen LogP contribution in [-0.2, 0) is 11.8 Å². The maximum absolute atomic E-state index is 13.5. The first-order chi connectivity index (χ1) is 6.95. The second-order valence-electron chi connectivity index (χ2n) is 4.64. The molecule has 0 amide bonds. The number of hydrogen-bond acceptors (Lipinski definition) is 3. The predicted octanol–water partition coefficient (Wildman–Crippen LogP) is 2.76. The van der Waals surface area contributed by atoms with Gasteiger partial charge in [-0.25, -0.2) is 4.39 Å². The van der Waals surface area contributed by atoms with Crippen LogP contribution in [0.2, 0.25) is 0 Å². The molecule has 0 bridgehead atoms. The van der Waals surface area contributed by atoms with Gasteiger partial charge in [0.1, 0.15) is 17.2 Å². The Hall–Kier alpha value is -1.08. The summed E-state index contributed by atoms with van der Waals surface area (Å²) in [5.41, 5.74) is 7.04. The largest absolute Gasteiger partial charge is 0.389 e. The first-order valence-corrected chi connectivity index (χ1v) is 5.73. The Balaban J connectivity index is 2.64. The summed E-state index contributed by atoms with van der Waals surface area (Å²) < 4.78 is 13.5. The molecule has 0 saturated heterocycles. The molecule has 1 heterocycles. The van der Waals surface area contributed by atoms with Gasteiger partial charge in [0, 0.05) is 11.3 Å². The molecule has 2 nitrogen and oxygen atoms in total. The molecule has 1 aromatic rings. The van der Waals surface area contributed by atoms with E-state index < -0.39 is 6.17 Å². The highest BCUT2D eigenvalue weighted by Crippen LogP contribution is 2.45. The van der Waals surface area contributed by atoms with Crippen molar-refractivity contribution in [2.45, 2.75) is 38.3 Å². The van der Waals surface area contributed by atoms with Crippen LogP contribution in [0.3, 0.4) is 0 Å². The van der Waals surface area contributed by atoms with Crippen molar-refractivity contribution in [3.63, 3.8) is 0 Å². The van der Waals surface area contributed by atoms with Gasteiger partial charge in [0.25, 0.3) is 0 Å². The van der Waals surface area contributed by atoms with E-state index >= 15 is 0 Å². The molecule has 1 aliphatic carbocycles. The highest BCUT2D eigenvalue weighted by Gasteiger charge is 2.37. The van der Waals surface area contributed by atoms with Crippen LogP contribution in [0.5, 0.6) is 0 Å². The van der Waals surface area contributed by atoms with Crippen molar-refractivity contribution in [2.24, 2.45) is 0 Å². The van der Waals surface area contributed by atoms with Crippen molar-refractivity contribution in [3.8, 4) is 6.07 Å². The van der Waals surface area contributed by atoms with Crippen LogP contribution in [0.4, 0.5) is 9.39 Å². The number of nitrogens with two attached hydrogens (primary N) is 1. The van der Waals surface area contributed by atoms with Gasteiger partial charge in [-0.05, 0) is 17.4 Å². The van der Waals surface area contributed by atoms with Crippen molar-refractivity contribution < 1.29 is 4.39 Å². The van der Waals surface area contributed by atoms with Crippen molar-refractivity contribution in [2.75, 3.05) is 5.73 Å². The number of nitrogens with zero attached hydrogens (tertiary/aromatic N) is 1. The zero-order valence-electron chi connectivity index (χ0n) is 8.80. The smallest absolute Gasteiger partial charge is 0.106 e. The second-order valence-corrected chi connectivity index (χ2v) is 5.78. The van der Waals surface area contributed by atoms with E-state index in [1.807, 2.05) is 13.8 Å². The van der Waals surface area contributed by atoms with Gasteiger partial charge in [-0.3, -0.25) is 0 Å². The summed E-state index contributed by atoms with van der Waals surface area (Å²) in [5, 5.41) is 9.58. The lowest BCUT2D eigenvalue weighted by molar-refractivity contribution is 0.243. The van der Waals surface area contributed by atoms with Crippen LogP contribution in [0.25, 0.3) is 0 Å². The first-order valence-electron chi connectivity index (χ1n) is 4.91. The number of thiophene rings is 1. The summed E-state index contributed by atoms with van der Waals surface area (Å²) in [6, 6.07) is 2.14. The van der Waals surface area contributed by atoms with Gasteiger partial charge in [0.15, 0.2) is 0 Å². The number of halogens is 1. The van der Waals surface area contributed by atoms with E-state index in [0.717, 1.165) is 10.4 Å². The van der Waals surface area contributed by atoms with E-state index in [1.165, 1.54) is 11.3 Å². The number of alkyl halides is 1. The maximum Gasteiger partial charge on any atom is 0.106 e. The molecular formula is C11H13FN2S. The lowest BCUT2D eigenvalue weighted by atomic mass is 9.73. The Morgan fingerprint density at radius 2 is 2.27 bits per heavy atom. The standard InChI is InChI=1S/C11H13FN2S/c1-11(2)4-6(12)3-8-9(11)7(5-13)10(14)15-8/h6H,3-4,14H2,1-2H3. The second kappa shape index (κ2) is 3.21. The minimum absolute atomic E-state index is 0.272. The predicted molar refractivity (Wildman–Crippen MR) is 59.7 cm³/mol. The van der Waals surface area contributed by atoms with Gasteiger partial charge in [0.2, 0.25) is 0 Å². The van der Waals surface area contributed by atoms with Gasteiger partial charge in [-0.15, -0.1) is 11.3 Å². The molecule has 4 heteroatoms. The van der Waals surface area contributed by atoms with Crippen LogP contribution in [0.1, 0.15) is 36.3 Å². The van der Waals surface area contributed by atoms with E-state index in [2.05, 4.69) is 6.07 Å². The van der Waals surface area contributed by atoms with E-state index in [1.54, 1.807) is 0 Å². The summed E-state index contributed by atoms with van der Waals surface area (Å²) >= 11 is 1.36. The van der Waals surface area contributed by atoms with Crippen molar-refractivity contribution >= 4 is 16.3 Å². The van der Waals surface area contributed by atoms with Gasteiger partial charge >= 0.3 is 0 Å². The Bertz CT molecular complexity index is 442. The molecular weight excluding hydrogens is 211 g/mol. The normalized spacial score (nSPS) is 23.2. The van der Waals surface area contributed by atoms with Crippen molar-refractivity contribution in [1.29, 1.82) is 5.26 Å². The third kappa shape index (κ3) is 1.51. The topological polar surface area (TPSA) is 49.8 Å². The first kappa shape index (κ1) is 10.4. The van der Waals surface area contributed by atoms with Crippen LogP contribution >= 0.6 is 11.3 Å². The molecule has 1 aliphatic rings. The SMILES string of the molecule is CC1(C)CC(F)Cc2sc(N)c(C#N)c21. The monoisotopic (exact) mass is 224 g/mol. The number of rotatable bonds is 0. The summed E-state index contributed by atoms with van der Waals surface area (Å²) in [5.74, 6) is 0. The number of nitrogen functional groups attached to an aromatic ring is 1. The van der Waals surface area contributed by atoms with Gasteiger partial charge in [-0.2, -0.15) is 5.26 Å². The molecule has 1 atom stereocenters. The summed E-state index contributed by atoms with van der Waals surface area (Å²) in [4.78, 5) is 0.952. The van der Waals surface area contributed by atoms with E-state index in [-0.39, 0.29) is 5.41 Å². The number of nitriles is 1. The minimum Gasteiger partial charge on any atom is -0.389 e. The number of hydrogen-bond donors (Lipinski definition) is 1. The molecule has 15 heavy (non-hydrogen) atoms. The zero-order chi connectivity index (χ0) is 11.2. The fourth-order valence-corrected chi connectivity index (χ4v) is 3.66. The average Bonchev–Trinajstić information content (AvgIpc) is 2.39. The molecule has 0 fully saturated rings. The van der Waals surface area contributed by atoms with Gasteiger partial charge in [0.05, 0.1) is 5.56 Å². The van der Waals surface area contributed by atoms with Gasteiger partial charge in [-0.1, -0.05) is 13.8 Å². The molecule has 0 aromatic carbocycles. The highest BCUT2D eigenvalue weighted by atomic mass is 32.1. The molecule has 0 radical (unpaired) electrons. The molecule has 2 N–H and O–H groups in total. The van der Waals surface area contributed by atoms with Crippen LogP contribution < -0.4 is 5.73 Å². The molecule has 80 valence electrons. The quantitative estimate of drug-likeness (QED) is 0.736. The Morgan fingerprint density at radius 3 is 2.87 bits per heavy atom. The minimum atomic E-state index is -0.808. The Morgan fingerprint density at radius 1 is 1.60 bits per heavy atom. The van der Waals surface area contributed by atoms with E-state index in [4.69, 9.17) is 11.0 Å². The van der Waals surface area contributed by atoms with Crippen molar-refractivity contribution in [1.82, 2.24) is 0 Å². The third-order valence-electron chi connectivity index (χ3n) is 2.94. The summed E-state index contributed by atoms with van der Waals surface area (Å²) in [7, 11) is 0. The number of anilines is 1. The van der Waals surface area contributed by atoms with Crippen molar-refractivity contribution in [3.05, 3.63) is 16.0 Å². The fraction of sp³-hybridized carbons (Fsp3) is 0.545. The maximum atomic E-state index is 13.5. The van der Waals surface area contributed by atoms with E-state index in [9.17, 15) is 4.39 Å². The average molecular weight is 224 g/mol. The molecule has 2 rings (SSSR count). The summed E-state index contributed by atoms with van der Waals surface area (Å²) in [6.45, 7) is 3.95. The highest BCUT2D eigenvalue weighted by molar-refractivity contribution is 7.16. The molecule has 1 aromatic heterocycles. The Kier molecular flexibility index (Phi) is 2.23. The van der Waals surface area contributed by atoms with Crippen LogP contribution in [-0.4, -0.2) is 6.17 Å². The van der Waals surface area contributed by atoms with Gasteiger partial charge < -0.3 is 5.73 Å². The molecule has 0 spiro atoms. The van der Waals surface area contributed by atoms with Crippen LogP contribution in [0.15, 0.2) is 0 Å².